The van der Waals surface area contributed by atoms with Crippen LogP contribution in [0.3, 0.4) is 0 Å². The summed E-state index contributed by atoms with van der Waals surface area (Å²) < 4.78 is 34.3. The summed E-state index contributed by atoms with van der Waals surface area (Å²) in [7, 11) is 4.98. The summed E-state index contributed by atoms with van der Waals surface area (Å²) >= 11 is 0. The van der Waals surface area contributed by atoms with Crippen LogP contribution in [0.15, 0.2) is 0 Å². The molecule has 9 heavy (non-hydrogen) atoms. The summed E-state index contributed by atoms with van der Waals surface area (Å²) in [5.74, 6) is -0.454. The zero-order chi connectivity index (χ0) is 7.49. The molecule has 0 aliphatic heterocycles. The van der Waals surface area contributed by atoms with E-state index in [1.165, 1.54) is 6.92 Å². The molecule has 1 atom stereocenters. The van der Waals surface area contributed by atoms with Gasteiger partial charge in [0.25, 0.3) is 0 Å². The van der Waals surface area contributed by atoms with Gasteiger partial charge in [-0.3, -0.25) is 0 Å². The molecule has 0 aromatic heterocycles. The van der Waals surface area contributed by atoms with E-state index >= 15 is 0 Å². The van der Waals surface area contributed by atoms with E-state index in [-0.39, 0.29) is 6.32 Å². The molecule has 0 nitrogen and oxygen atoms in total. The van der Waals surface area contributed by atoms with Gasteiger partial charge in [-0.25, -0.2) is 0 Å². The highest BCUT2D eigenvalue weighted by Gasteiger charge is 2.28. The van der Waals surface area contributed by atoms with E-state index in [2.05, 4.69) is 0 Å². The van der Waals surface area contributed by atoms with Crippen LogP contribution in [0.25, 0.3) is 0 Å². The fourth-order valence-corrected chi connectivity index (χ4v) is 0.478. The van der Waals surface area contributed by atoms with Crippen LogP contribution >= 0.6 is 0 Å². The van der Waals surface area contributed by atoms with E-state index in [1.807, 2.05) is 0 Å². The Balaban J connectivity index is 3.47. The molecule has 1 unspecified atom stereocenters. The number of hydrogen-bond donors (Lipinski definition) is 0. The molecule has 2 radical (unpaired) electrons. The molecule has 0 saturated carbocycles. The van der Waals surface area contributed by atoms with Gasteiger partial charge in [-0.15, -0.1) is 0 Å². The first-order chi connectivity index (χ1) is 3.95. The largest absolute Gasteiger partial charge is 0.389 e. The highest BCUT2D eigenvalue weighted by Crippen LogP contribution is 2.25. The van der Waals surface area contributed by atoms with Gasteiger partial charge in [-0.05, 0) is 5.92 Å². The van der Waals surface area contributed by atoms with Crippen LogP contribution in [0.1, 0.15) is 13.3 Å². The van der Waals surface area contributed by atoms with Crippen molar-refractivity contribution in [3.63, 3.8) is 0 Å². The van der Waals surface area contributed by atoms with Crippen LogP contribution in [0.2, 0.25) is 6.32 Å². The number of hydrogen-bond acceptors (Lipinski definition) is 0. The number of alkyl halides is 3. The van der Waals surface area contributed by atoms with Crippen molar-refractivity contribution in [1.82, 2.24) is 0 Å². The fourth-order valence-electron chi connectivity index (χ4n) is 0.478. The Morgan fingerprint density at radius 1 is 1.44 bits per heavy atom. The average Bonchev–Trinajstić information content (AvgIpc) is 1.62. The number of halogens is 3. The molecule has 0 bridgehead atoms. The molecule has 0 aromatic carbocycles. The summed E-state index contributed by atoms with van der Waals surface area (Å²) in [6, 6.07) is 0. The van der Waals surface area contributed by atoms with E-state index in [0.717, 1.165) is 0 Å². The number of rotatable bonds is 2. The van der Waals surface area contributed by atoms with Crippen molar-refractivity contribution < 1.29 is 13.2 Å². The summed E-state index contributed by atoms with van der Waals surface area (Å²) in [6.07, 6.45) is -4.73. The minimum Gasteiger partial charge on any atom is -0.171 e. The molecular formula is C5H8BF3. The van der Waals surface area contributed by atoms with Gasteiger partial charge in [0.1, 0.15) is 0 Å². The van der Waals surface area contributed by atoms with Gasteiger partial charge in [0.05, 0.1) is 7.85 Å². The molecule has 0 aromatic rings. The molecule has 0 aliphatic carbocycles. The van der Waals surface area contributed by atoms with E-state index in [1.54, 1.807) is 0 Å². The normalized spacial score (nSPS) is 15.6. The van der Waals surface area contributed by atoms with Crippen molar-refractivity contribution in [2.45, 2.75) is 25.8 Å². The van der Waals surface area contributed by atoms with Crippen LogP contribution in [0.4, 0.5) is 13.2 Å². The van der Waals surface area contributed by atoms with Crippen LogP contribution in [0, 0.1) is 5.92 Å². The molecule has 52 valence electrons. The first kappa shape index (κ1) is 8.85. The Kier molecular flexibility index (Phi) is 3.08. The van der Waals surface area contributed by atoms with E-state index < -0.39 is 18.5 Å². The smallest absolute Gasteiger partial charge is 0.171 e. The zero-order valence-corrected chi connectivity index (χ0v) is 5.20. The van der Waals surface area contributed by atoms with Crippen molar-refractivity contribution in [2.75, 3.05) is 0 Å². The summed E-state index contributed by atoms with van der Waals surface area (Å²) in [5.41, 5.74) is 0. The Morgan fingerprint density at radius 3 is 2.00 bits per heavy atom. The first-order valence-electron chi connectivity index (χ1n) is 2.72. The highest BCUT2D eigenvalue weighted by molar-refractivity contribution is 6.08. The van der Waals surface area contributed by atoms with Crippen LogP contribution in [-0.4, -0.2) is 14.0 Å². The van der Waals surface area contributed by atoms with Crippen LogP contribution in [0.5, 0.6) is 0 Å². The molecule has 0 N–H and O–H groups in total. The standard InChI is InChI=1S/C5H8BF3/c1-4(3-6)2-5(7,8)9/h4H,2-3H2,1H3. The molecular weight excluding hydrogens is 128 g/mol. The van der Waals surface area contributed by atoms with E-state index in [0.29, 0.717) is 0 Å². The minimum atomic E-state index is -4.06. The molecule has 0 saturated heterocycles. The van der Waals surface area contributed by atoms with Crippen molar-refractivity contribution in [3.05, 3.63) is 0 Å². The second kappa shape index (κ2) is 3.13. The lowest BCUT2D eigenvalue weighted by molar-refractivity contribution is -0.141. The Bertz CT molecular complexity index is 78.8. The van der Waals surface area contributed by atoms with Crippen molar-refractivity contribution >= 4 is 7.85 Å². The molecule has 0 heterocycles. The first-order valence-corrected chi connectivity index (χ1v) is 2.72. The quantitative estimate of drug-likeness (QED) is 0.510. The van der Waals surface area contributed by atoms with Gasteiger partial charge in [-0.2, -0.15) is 13.2 Å². The predicted molar refractivity (Wildman–Crippen MR) is 30.4 cm³/mol. The van der Waals surface area contributed by atoms with E-state index in [4.69, 9.17) is 7.85 Å². The third-order valence-corrected chi connectivity index (χ3v) is 0.982. The van der Waals surface area contributed by atoms with Gasteiger partial charge in [0.2, 0.25) is 0 Å². The molecule has 0 rings (SSSR count). The van der Waals surface area contributed by atoms with Gasteiger partial charge in [0, 0.05) is 6.42 Å². The Hall–Kier alpha value is -0.145. The zero-order valence-electron chi connectivity index (χ0n) is 5.20. The Labute approximate surface area is 53.8 Å². The molecule has 0 aliphatic rings. The molecule has 0 amide bonds. The molecule has 4 heteroatoms. The van der Waals surface area contributed by atoms with E-state index in [9.17, 15) is 13.2 Å². The maximum absolute atomic E-state index is 11.4. The van der Waals surface area contributed by atoms with Gasteiger partial charge in [0.15, 0.2) is 0 Å². The minimum absolute atomic E-state index is 0.0967. The third-order valence-electron chi connectivity index (χ3n) is 0.982. The van der Waals surface area contributed by atoms with Crippen molar-refractivity contribution in [3.8, 4) is 0 Å². The summed E-state index contributed by atoms with van der Waals surface area (Å²) in [6.45, 7) is 1.48. The van der Waals surface area contributed by atoms with Gasteiger partial charge < -0.3 is 0 Å². The van der Waals surface area contributed by atoms with Gasteiger partial charge >= 0.3 is 6.18 Å². The predicted octanol–water partition coefficient (Wildman–Crippen LogP) is 2.16. The van der Waals surface area contributed by atoms with Crippen molar-refractivity contribution in [2.24, 2.45) is 5.92 Å². The third kappa shape index (κ3) is 5.73. The second-order valence-electron chi connectivity index (χ2n) is 2.16. The van der Waals surface area contributed by atoms with Crippen LogP contribution in [-0.2, 0) is 0 Å². The summed E-state index contributed by atoms with van der Waals surface area (Å²) in [4.78, 5) is 0. The monoisotopic (exact) mass is 136 g/mol. The second-order valence-corrected chi connectivity index (χ2v) is 2.16. The molecule has 0 fully saturated rings. The maximum atomic E-state index is 11.4. The van der Waals surface area contributed by atoms with Crippen molar-refractivity contribution in [1.29, 1.82) is 0 Å². The SMILES string of the molecule is [B]CC(C)CC(F)(F)F. The highest BCUT2D eigenvalue weighted by atomic mass is 19.4. The maximum Gasteiger partial charge on any atom is 0.389 e. The Morgan fingerprint density at radius 2 is 1.89 bits per heavy atom. The van der Waals surface area contributed by atoms with Gasteiger partial charge in [-0.1, -0.05) is 13.2 Å². The lowest BCUT2D eigenvalue weighted by atomic mass is 9.90. The fraction of sp³-hybridized carbons (Fsp3) is 1.00. The average molecular weight is 136 g/mol. The molecule has 0 spiro atoms. The van der Waals surface area contributed by atoms with Crippen LogP contribution < -0.4 is 0 Å². The lowest BCUT2D eigenvalue weighted by Gasteiger charge is -2.10. The topological polar surface area (TPSA) is 0 Å². The lowest BCUT2D eigenvalue weighted by Crippen LogP contribution is -2.12. The summed E-state index contributed by atoms with van der Waals surface area (Å²) in [5, 5.41) is 0.